The number of nitrogens with one attached hydrogen (secondary N) is 1. The summed E-state index contributed by atoms with van der Waals surface area (Å²) < 4.78 is 0. The number of hydrogen-bond acceptors (Lipinski definition) is 2. The molecule has 0 aromatic heterocycles. The summed E-state index contributed by atoms with van der Waals surface area (Å²) in [4.78, 5) is 13.2. The van der Waals surface area contributed by atoms with Crippen molar-refractivity contribution >= 4 is 5.91 Å². The molecule has 1 heterocycles. The van der Waals surface area contributed by atoms with E-state index in [9.17, 15) is 4.79 Å². The molecule has 0 radical (unpaired) electrons. The fourth-order valence-electron chi connectivity index (χ4n) is 1.93. The van der Waals surface area contributed by atoms with Gasteiger partial charge in [-0.15, -0.1) is 0 Å². The molecule has 0 aliphatic carbocycles. The maximum absolute atomic E-state index is 11.3. The Bertz CT molecular complexity index is 205. The molecule has 1 N–H and O–H groups in total. The molecule has 0 spiro atoms. The first-order valence-electron chi connectivity index (χ1n) is 5.62. The topological polar surface area (TPSA) is 32.3 Å². The van der Waals surface area contributed by atoms with Crippen LogP contribution in [0.1, 0.15) is 46.0 Å². The fraction of sp³-hybridized carbons (Fsp3) is 0.909. The predicted molar refractivity (Wildman–Crippen MR) is 57.9 cm³/mol. The van der Waals surface area contributed by atoms with Crippen LogP contribution in [0.5, 0.6) is 0 Å². The van der Waals surface area contributed by atoms with Crippen LogP contribution < -0.4 is 5.32 Å². The first-order valence-corrected chi connectivity index (χ1v) is 5.62. The van der Waals surface area contributed by atoms with E-state index >= 15 is 0 Å². The Morgan fingerprint density at radius 3 is 2.64 bits per heavy atom. The highest BCUT2D eigenvalue weighted by atomic mass is 16.2. The number of nitrogens with zero attached hydrogens (tertiary/aromatic N) is 1. The Morgan fingerprint density at radius 1 is 1.43 bits per heavy atom. The number of carbonyl (C=O) groups is 1. The summed E-state index contributed by atoms with van der Waals surface area (Å²) in [5.74, 6) is 0.211. The molecule has 82 valence electrons. The standard InChI is InChI=1S/C11H22N2O/c1-4-5-6-7-8-11(2)12-9-10(14)13(11)3/h12H,4-9H2,1-3H3. The number of likely N-dealkylation sites (N-methyl/N-ethyl adjacent to an activating group) is 1. The zero-order valence-electron chi connectivity index (χ0n) is 9.60. The molecule has 1 fully saturated rings. The van der Waals surface area contributed by atoms with Crippen LogP contribution in [0.15, 0.2) is 0 Å². The highest BCUT2D eigenvalue weighted by Crippen LogP contribution is 2.22. The largest absolute Gasteiger partial charge is 0.327 e. The first-order chi connectivity index (χ1) is 6.60. The van der Waals surface area contributed by atoms with Gasteiger partial charge in [-0.1, -0.05) is 26.2 Å². The molecule has 14 heavy (non-hydrogen) atoms. The minimum absolute atomic E-state index is 0.0924. The van der Waals surface area contributed by atoms with Crippen molar-refractivity contribution < 1.29 is 4.79 Å². The third kappa shape index (κ3) is 2.47. The van der Waals surface area contributed by atoms with Crippen LogP contribution in [0.25, 0.3) is 0 Å². The van der Waals surface area contributed by atoms with Gasteiger partial charge in [0.05, 0.1) is 12.2 Å². The Labute approximate surface area is 86.9 Å². The van der Waals surface area contributed by atoms with Crippen LogP contribution >= 0.6 is 0 Å². The molecule has 1 rings (SSSR count). The van der Waals surface area contributed by atoms with Gasteiger partial charge in [-0.25, -0.2) is 0 Å². The van der Waals surface area contributed by atoms with E-state index in [2.05, 4.69) is 19.2 Å². The van der Waals surface area contributed by atoms with E-state index in [-0.39, 0.29) is 11.6 Å². The van der Waals surface area contributed by atoms with Crippen LogP contribution in [-0.2, 0) is 4.79 Å². The van der Waals surface area contributed by atoms with Gasteiger partial charge in [0, 0.05) is 7.05 Å². The van der Waals surface area contributed by atoms with E-state index in [1.165, 1.54) is 25.7 Å². The lowest BCUT2D eigenvalue weighted by Gasteiger charge is -2.32. The Morgan fingerprint density at radius 2 is 2.14 bits per heavy atom. The number of carbonyl (C=O) groups excluding carboxylic acids is 1. The smallest absolute Gasteiger partial charge is 0.237 e. The summed E-state index contributed by atoms with van der Waals surface area (Å²) >= 11 is 0. The van der Waals surface area contributed by atoms with Crippen molar-refractivity contribution in [1.29, 1.82) is 0 Å². The first kappa shape index (κ1) is 11.5. The quantitative estimate of drug-likeness (QED) is 0.682. The molecular formula is C11H22N2O. The van der Waals surface area contributed by atoms with Gasteiger partial charge in [-0.2, -0.15) is 0 Å². The van der Waals surface area contributed by atoms with Gasteiger partial charge >= 0.3 is 0 Å². The van der Waals surface area contributed by atoms with Gasteiger partial charge in [0.1, 0.15) is 0 Å². The second-order valence-electron chi connectivity index (χ2n) is 4.39. The molecule has 1 atom stereocenters. The maximum Gasteiger partial charge on any atom is 0.237 e. The lowest BCUT2D eigenvalue weighted by atomic mass is 10.0. The second kappa shape index (κ2) is 4.78. The monoisotopic (exact) mass is 198 g/mol. The maximum atomic E-state index is 11.3. The van der Waals surface area contributed by atoms with Crippen molar-refractivity contribution in [2.45, 2.75) is 51.6 Å². The molecule has 1 saturated heterocycles. The average molecular weight is 198 g/mol. The average Bonchev–Trinajstić information content (AvgIpc) is 2.42. The zero-order chi connectivity index (χ0) is 10.6. The van der Waals surface area contributed by atoms with E-state index in [1.54, 1.807) is 0 Å². The zero-order valence-corrected chi connectivity index (χ0v) is 9.60. The molecule has 3 heteroatoms. The molecule has 0 aromatic carbocycles. The van der Waals surface area contributed by atoms with E-state index in [0.29, 0.717) is 6.54 Å². The van der Waals surface area contributed by atoms with Crippen molar-refractivity contribution in [2.24, 2.45) is 0 Å². The van der Waals surface area contributed by atoms with Gasteiger partial charge in [0.2, 0.25) is 5.91 Å². The van der Waals surface area contributed by atoms with E-state index in [0.717, 1.165) is 6.42 Å². The van der Waals surface area contributed by atoms with Gasteiger partial charge in [0.25, 0.3) is 0 Å². The third-order valence-corrected chi connectivity index (χ3v) is 3.25. The van der Waals surface area contributed by atoms with Crippen molar-refractivity contribution in [3.63, 3.8) is 0 Å². The van der Waals surface area contributed by atoms with E-state index in [1.807, 2.05) is 11.9 Å². The minimum atomic E-state index is -0.0924. The molecule has 1 amide bonds. The normalized spacial score (nSPS) is 27.4. The number of unbranched alkanes of at least 4 members (excludes halogenated alkanes) is 3. The van der Waals surface area contributed by atoms with Crippen molar-refractivity contribution in [3.05, 3.63) is 0 Å². The van der Waals surface area contributed by atoms with Crippen molar-refractivity contribution in [2.75, 3.05) is 13.6 Å². The molecule has 0 bridgehead atoms. The molecule has 0 saturated carbocycles. The summed E-state index contributed by atoms with van der Waals surface area (Å²) in [6, 6.07) is 0. The minimum Gasteiger partial charge on any atom is -0.327 e. The summed E-state index contributed by atoms with van der Waals surface area (Å²) in [5.41, 5.74) is -0.0924. The highest BCUT2D eigenvalue weighted by molar-refractivity contribution is 5.81. The molecule has 3 nitrogen and oxygen atoms in total. The van der Waals surface area contributed by atoms with Crippen LogP contribution in [0.2, 0.25) is 0 Å². The number of amides is 1. The Balaban J connectivity index is 2.31. The van der Waals surface area contributed by atoms with Crippen LogP contribution in [0, 0.1) is 0 Å². The Hall–Kier alpha value is -0.570. The third-order valence-electron chi connectivity index (χ3n) is 3.25. The number of hydrogen-bond donors (Lipinski definition) is 1. The molecule has 1 aliphatic rings. The summed E-state index contributed by atoms with van der Waals surface area (Å²) in [6.07, 6.45) is 6.10. The molecular weight excluding hydrogens is 176 g/mol. The highest BCUT2D eigenvalue weighted by Gasteiger charge is 2.37. The summed E-state index contributed by atoms with van der Waals surface area (Å²) in [7, 11) is 1.89. The summed E-state index contributed by atoms with van der Waals surface area (Å²) in [5, 5.41) is 3.29. The van der Waals surface area contributed by atoms with Gasteiger partial charge < -0.3 is 4.90 Å². The van der Waals surface area contributed by atoms with Gasteiger partial charge in [-0.05, 0) is 19.8 Å². The summed E-state index contributed by atoms with van der Waals surface area (Å²) in [6.45, 7) is 4.83. The lowest BCUT2D eigenvalue weighted by Crippen LogP contribution is -2.47. The second-order valence-corrected chi connectivity index (χ2v) is 4.39. The SMILES string of the molecule is CCCCCCC1(C)NCC(=O)N1C. The van der Waals surface area contributed by atoms with Gasteiger partial charge in [-0.3, -0.25) is 10.1 Å². The van der Waals surface area contributed by atoms with Crippen LogP contribution in [0.4, 0.5) is 0 Å². The van der Waals surface area contributed by atoms with E-state index < -0.39 is 0 Å². The Kier molecular flexibility index (Phi) is 3.93. The predicted octanol–water partition coefficient (Wildman–Crippen LogP) is 1.73. The molecule has 0 aromatic rings. The van der Waals surface area contributed by atoms with Crippen LogP contribution in [-0.4, -0.2) is 30.1 Å². The van der Waals surface area contributed by atoms with Crippen LogP contribution in [0.3, 0.4) is 0 Å². The lowest BCUT2D eigenvalue weighted by molar-refractivity contribution is -0.128. The molecule has 1 unspecified atom stereocenters. The van der Waals surface area contributed by atoms with Crippen molar-refractivity contribution in [1.82, 2.24) is 10.2 Å². The fourth-order valence-corrected chi connectivity index (χ4v) is 1.93. The van der Waals surface area contributed by atoms with E-state index in [4.69, 9.17) is 0 Å². The van der Waals surface area contributed by atoms with Gasteiger partial charge in [0.15, 0.2) is 0 Å². The molecule has 1 aliphatic heterocycles. The van der Waals surface area contributed by atoms with Crippen molar-refractivity contribution in [3.8, 4) is 0 Å². The number of rotatable bonds is 5.